The van der Waals surface area contributed by atoms with Gasteiger partial charge in [0.2, 0.25) is 5.91 Å². The second-order valence-corrected chi connectivity index (χ2v) is 5.78. The van der Waals surface area contributed by atoms with E-state index in [1.807, 2.05) is 51.1 Å². The molecule has 2 aromatic heterocycles. The molecule has 3 nitrogen and oxygen atoms in total. The largest absolute Gasteiger partial charge is 0.464 e. The smallest absolute Gasteiger partial charge is 0.244 e. The maximum absolute atomic E-state index is 11.8. The summed E-state index contributed by atoms with van der Waals surface area (Å²) in [5.41, 5.74) is 0. The Labute approximate surface area is 116 Å². The Morgan fingerprint density at radius 3 is 2.68 bits per heavy atom. The van der Waals surface area contributed by atoms with Crippen molar-refractivity contribution in [1.82, 2.24) is 5.32 Å². The van der Waals surface area contributed by atoms with E-state index in [2.05, 4.69) is 5.32 Å². The molecule has 1 N–H and O–H groups in total. The van der Waals surface area contributed by atoms with Crippen molar-refractivity contribution in [2.24, 2.45) is 0 Å². The van der Waals surface area contributed by atoms with Crippen LogP contribution in [-0.2, 0) is 4.79 Å². The molecule has 0 aliphatic heterocycles. The third-order valence-electron chi connectivity index (χ3n) is 2.71. The SMILES string of the molecule is Cc1ccc(C(C)NC(=O)/C=C/c2ccc(C)s2)o1. The van der Waals surface area contributed by atoms with Gasteiger partial charge in [0.1, 0.15) is 11.5 Å². The Morgan fingerprint density at radius 1 is 1.32 bits per heavy atom. The topological polar surface area (TPSA) is 42.2 Å². The highest BCUT2D eigenvalue weighted by atomic mass is 32.1. The highest BCUT2D eigenvalue weighted by molar-refractivity contribution is 7.12. The lowest BCUT2D eigenvalue weighted by atomic mass is 10.2. The van der Waals surface area contributed by atoms with Gasteiger partial charge in [-0.1, -0.05) is 0 Å². The molecule has 19 heavy (non-hydrogen) atoms. The fourth-order valence-corrected chi connectivity index (χ4v) is 2.50. The van der Waals surface area contributed by atoms with Crippen LogP contribution in [0.5, 0.6) is 0 Å². The van der Waals surface area contributed by atoms with Crippen LogP contribution in [0.4, 0.5) is 0 Å². The van der Waals surface area contributed by atoms with Gasteiger partial charge in [0.15, 0.2) is 0 Å². The van der Waals surface area contributed by atoms with Gasteiger partial charge in [-0.05, 0) is 51.1 Å². The third kappa shape index (κ3) is 3.83. The quantitative estimate of drug-likeness (QED) is 0.861. The summed E-state index contributed by atoms with van der Waals surface area (Å²) in [5.74, 6) is 1.50. The van der Waals surface area contributed by atoms with Crippen molar-refractivity contribution in [3.63, 3.8) is 0 Å². The van der Waals surface area contributed by atoms with E-state index >= 15 is 0 Å². The van der Waals surface area contributed by atoms with Crippen LogP contribution in [0.3, 0.4) is 0 Å². The molecule has 0 aromatic carbocycles. The van der Waals surface area contributed by atoms with Gasteiger partial charge in [-0.3, -0.25) is 4.79 Å². The Hall–Kier alpha value is -1.81. The molecule has 100 valence electrons. The molecule has 0 saturated heterocycles. The Kier molecular flexibility index (Phi) is 4.22. The number of hydrogen-bond acceptors (Lipinski definition) is 3. The van der Waals surface area contributed by atoms with Gasteiger partial charge in [-0.25, -0.2) is 0 Å². The number of furan rings is 1. The third-order valence-corrected chi connectivity index (χ3v) is 3.67. The highest BCUT2D eigenvalue weighted by Crippen LogP contribution is 2.17. The van der Waals surface area contributed by atoms with Crippen LogP contribution in [-0.4, -0.2) is 5.91 Å². The van der Waals surface area contributed by atoms with Crippen LogP contribution in [0.15, 0.2) is 34.8 Å². The molecular weight excluding hydrogens is 258 g/mol. The highest BCUT2D eigenvalue weighted by Gasteiger charge is 2.10. The fraction of sp³-hybridized carbons (Fsp3) is 0.267. The first kappa shape index (κ1) is 13.6. The van der Waals surface area contributed by atoms with Crippen LogP contribution in [0, 0.1) is 13.8 Å². The van der Waals surface area contributed by atoms with Gasteiger partial charge >= 0.3 is 0 Å². The molecule has 1 unspecified atom stereocenters. The van der Waals surface area contributed by atoms with Crippen LogP contribution >= 0.6 is 11.3 Å². The molecule has 4 heteroatoms. The Bertz CT molecular complexity index is 595. The van der Waals surface area contributed by atoms with E-state index < -0.39 is 0 Å². The summed E-state index contributed by atoms with van der Waals surface area (Å²) in [6.07, 6.45) is 3.38. The molecular formula is C15H17NO2S. The molecule has 1 amide bonds. The minimum atomic E-state index is -0.129. The predicted octanol–water partition coefficient (Wildman–Crippen LogP) is 3.85. The average Bonchev–Trinajstić information content (AvgIpc) is 2.95. The van der Waals surface area contributed by atoms with Crippen molar-refractivity contribution in [1.29, 1.82) is 0 Å². The van der Waals surface area contributed by atoms with E-state index in [4.69, 9.17) is 4.42 Å². The zero-order chi connectivity index (χ0) is 13.8. The summed E-state index contributed by atoms with van der Waals surface area (Å²) in [5, 5.41) is 2.87. The van der Waals surface area contributed by atoms with E-state index in [1.165, 1.54) is 4.88 Å². The van der Waals surface area contributed by atoms with Crippen molar-refractivity contribution < 1.29 is 9.21 Å². The van der Waals surface area contributed by atoms with E-state index in [-0.39, 0.29) is 11.9 Å². The first-order valence-electron chi connectivity index (χ1n) is 6.16. The summed E-state index contributed by atoms with van der Waals surface area (Å²) in [4.78, 5) is 14.1. The molecule has 0 bridgehead atoms. The molecule has 0 fully saturated rings. The molecule has 2 heterocycles. The zero-order valence-electron chi connectivity index (χ0n) is 11.3. The number of hydrogen-bond donors (Lipinski definition) is 1. The molecule has 0 saturated carbocycles. The maximum atomic E-state index is 11.8. The summed E-state index contributed by atoms with van der Waals surface area (Å²) >= 11 is 1.66. The Morgan fingerprint density at radius 2 is 2.11 bits per heavy atom. The number of nitrogens with one attached hydrogen (secondary N) is 1. The minimum Gasteiger partial charge on any atom is -0.464 e. The Balaban J connectivity index is 1.92. The second-order valence-electron chi connectivity index (χ2n) is 4.46. The first-order valence-corrected chi connectivity index (χ1v) is 6.97. The van der Waals surface area contributed by atoms with Gasteiger partial charge in [0.05, 0.1) is 6.04 Å². The van der Waals surface area contributed by atoms with Crippen molar-refractivity contribution >= 4 is 23.3 Å². The lowest BCUT2D eigenvalue weighted by Crippen LogP contribution is -2.24. The lowest BCUT2D eigenvalue weighted by Gasteiger charge is -2.09. The maximum Gasteiger partial charge on any atom is 0.244 e. The van der Waals surface area contributed by atoms with E-state index in [1.54, 1.807) is 17.4 Å². The summed E-state index contributed by atoms with van der Waals surface area (Å²) in [7, 11) is 0. The standard InChI is InChI=1S/C15H17NO2S/c1-10-4-8-14(18-10)12(3)16-15(17)9-7-13-6-5-11(2)19-13/h4-9,12H,1-3H3,(H,16,17)/b9-7+. The number of carbonyl (C=O) groups is 1. The zero-order valence-corrected chi connectivity index (χ0v) is 12.1. The average molecular weight is 275 g/mol. The number of carbonyl (C=O) groups excluding carboxylic acids is 1. The van der Waals surface area contributed by atoms with E-state index in [0.717, 1.165) is 16.4 Å². The molecule has 2 rings (SSSR count). The van der Waals surface area contributed by atoms with Gasteiger partial charge < -0.3 is 9.73 Å². The summed E-state index contributed by atoms with van der Waals surface area (Å²) in [6.45, 7) is 5.83. The van der Waals surface area contributed by atoms with Crippen LogP contribution in [0.2, 0.25) is 0 Å². The lowest BCUT2D eigenvalue weighted by molar-refractivity contribution is -0.117. The number of thiophene rings is 1. The molecule has 0 spiro atoms. The number of rotatable bonds is 4. The van der Waals surface area contributed by atoms with Crippen LogP contribution in [0.25, 0.3) is 6.08 Å². The van der Waals surface area contributed by atoms with Crippen LogP contribution < -0.4 is 5.32 Å². The van der Waals surface area contributed by atoms with Gasteiger partial charge in [0.25, 0.3) is 0 Å². The molecule has 2 aromatic rings. The van der Waals surface area contributed by atoms with Gasteiger partial charge in [-0.2, -0.15) is 0 Å². The van der Waals surface area contributed by atoms with Gasteiger partial charge in [-0.15, -0.1) is 11.3 Å². The van der Waals surface area contributed by atoms with E-state index in [0.29, 0.717) is 0 Å². The molecule has 0 aliphatic carbocycles. The van der Waals surface area contributed by atoms with Gasteiger partial charge in [0, 0.05) is 15.8 Å². The first-order chi connectivity index (χ1) is 9.04. The molecule has 0 radical (unpaired) electrons. The normalized spacial score (nSPS) is 12.8. The van der Waals surface area contributed by atoms with Crippen molar-refractivity contribution in [2.45, 2.75) is 26.8 Å². The summed E-state index contributed by atoms with van der Waals surface area (Å²) < 4.78 is 5.48. The van der Waals surface area contributed by atoms with Crippen molar-refractivity contribution in [3.05, 3.63) is 51.6 Å². The van der Waals surface area contributed by atoms with E-state index in [9.17, 15) is 4.79 Å². The van der Waals surface area contributed by atoms with Crippen molar-refractivity contribution in [2.75, 3.05) is 0 Å². The molecule has 1 atom stereocenters. The number of aryl methyl sites for hydroxylation is 2. The predicted molar refractivity (Wildman–Crippen MR) is 78.1 cm³/mol. The second kappa shape index (κ2) is 5.89. The van der Waals surface area contributed by atoms with Crippen LogP contribution in [0.1, 0.15) is 34.2 Å². The molecule has 0 aliphatic rings. The summed E-state index contributed by atoms with van der Waals surface area (Å²) in [6, 6.07) is 7.69. The monoisotopic (exact) mass is 275 g/mol. The minimum absolute atomic E-state index is 0.118. The van der Waals surface area contributed by atoms with Crippen molar-refractivity contribution in [3.8, 4) is 0 Å². The number of amides is 1. The fourth-order valence-electron chi connectivity index (χ4n) is 1.72.